The minimum atomic E-state index is -5.22. The molecule has 0 saturated carbocycles. The van der Waals surface area contributed by atoms with E-state index in [1.54, 1.807) is 6.92 Å². The fourth-order valence-corrected chi connectivity index (χ4v) is 13.7. The fraction of sp³-hybridized carbons (Fsp3) is 0.654. The molecular weight excluding hydrogens is 790 g/mol. The van der Waals surface area contributed by atoms with Crippen molar-refractivity contribution in [1.82, 2.24) is 29.1 Å². The fourth-order valence-electron chi connectivity index (χ4n) is 5.76. The Kier molecular flexibility index (Phi) is 12.6. The van der Waals surface area contributed by atoms with E-state index in [0.29, 0.717) is 11.2 Å². The standard InChI is InChI=1S/C26H41N7O16P4/c1-6-52(40,47-50(4,38)43-11-19-17(35)7-20(45-19)32-8-14(2)24(36)31-26(32)37)48-51(5,39)49-53(41,42)44-10-18-15(3)16(9-34)25(46-18)33-13-30-21-22(27)28-12-29-23(21)33/h8,12-13,15-20,25,34-35H,6-7,9-11H2,1-5H3,(H,41,42)(H2,27,28,29)(H,31,36,37). The van der Waals surface area contributed by atoms with E-state index in [1.807, 2.05) is 0 Å². The normalized spacial score (nSPS) is 29.4. The molecule has 0 spiro atoms. The van der Waals surface area contributed by atoms with Crippen LogP contribution in [-0.4, -0.2) is 102 Å². The molecule has 5 rings (SSSR count). The molecule has 0 aromatic carbocycles. The van der Waals surface area contributed by atoms with Crippen LogP contribution in [0.1, 0.15) is 38.3 Å². The first-order chi connectivity index (χ1) is 24.7. The van der Waals surface area contributed by atoms with Crippen LogP contribution in [0.3, 0.4) is 0 Å². The number of phosphoric ester groups is 1. The second-order valence-electron chi connectivity index (χ2n) is 12.5. The van der Waals surface area contributed by atoms with Gasteiger partial charge in [0.15, 0.2) is 11.5 Å². The highest BCUT2D eigenvalue weighted by Crippen LogP contribution is 2.73. The summed E-state index contributed by atoms with van der Waals surface area (Å²) in [6, 6.07) is 0. The molecule has 11 atom stereocenters. The highest BCUT2D eigenvalue weighted by Gasteiger charge is 2.46. The summed E-state index contributed by atoms with van der Waals surface area (Å²) in [6.45, 7) is 4.57. The van der Waals surface area contributed by atoms with Gasteiger partial charge in [-0.15, -0.1) is 0 Å². The Hall–Kier alpha value is -2.45. The van der Waals surface area contributed by atoms with E-state index < -0.39 is 104 Å². The predicted octanol–water partition coefficient (Wildman–Crippen LogP) is 2.10. The van der Waals surface area contributed by atoms with E-state index >= 15 is 0 Å². The molecule has 296 valence electrons. The number of H-pyrrole nitrogens is 1. The van der Waals surface area contributed by atoms with Crippen molar-refractivity contribution in [3.63, 3.8) is 0 Å². The van der Waals surface area contributed by atoms with Crippen molar-refractivity contribution in [1.29, 1.82) is 0 Å². The van der Waals surface area contributed by atoms with Crippen LogP contribution >= 0.6 is 30.6 Å². The largest absolute Gasteiger partial charge is 0.479 e. The quantitative estimate of drug-likeness (QED) is 0.129. The number of anilines is 1. The van der Waals surface area contributed by atoms with Gasteiger partial charge >= 0.3 is 36.3 Å². The summed E-state index contributed by atoms with van der Waals surface area (Å²) in [6.07, 6.45) is -1.83. The number of ether oxygens (including phenoxy) is 2. The Labute approximate surface area is 301 Å². The summed E-state index contributed by atoms with van der Waals surface area (Å²) < 4.78 is 92.4. The molecule has 3 aromatic rings. The van der Waals surface area contributed by atoms with Crippen molar-refractivity contribution in [2.75, 3.05) is 45.0 Å². The van der Waals surface area contributed by atoms with E-state index in [1.165, 1.54) is 37.3 Å². The molecule has 0 aliphatic carbocycles. The zero-order valence-corrected chi connectivity index (χ0v) is 32.6. The number of aliphatic hydroxyl groups excluding tert-OH is 2. The number of rotatable bonds is 16. The molecule has 2 aliphatic rings. The van der Waals surface area contributed by atoms with Crippen LogP contribution in [0, 0.1) is 18.8 Å². The van der Waals surface area contributed by atoms with Crippen LogP contribution in [0.25, 0.3) is 11.2 Å². The lowest BCUT2D eigenvalue weighted by Gasteiger charge is -2.26. The Morgan fingerprint density at radius 1 is 1.00 bits per heavy atom. The highest BCUT2D eigenvalue weighted by atomic mass is 31.3. The monoisotopic (exact) mass is 831 g/mol. The lowest BCUT2D eigenvalue weighted by molar-refractivity contribution is -0.0420. The van der Waals surface area contributed by atoms with Crippen molar-refractivity contribution < 1.29 is 64.8 Å². The zero-order valence-electron chi connectivity index (χ0n) is 29.1. The smallest absolute Gasteiger partial charge is 0.396 e. The van der Waals surface area contributed by atoms with Gasteiger partial charge in [-0.1, -0.05) is 13.8 Å². The third-order valence-electron chi connectivity index (χ3n) is 8.53. The van der Waals surface area contributed by atoms with Crippen molar-refractivity contribution in [3.05, 3.63) is 45.3 Å². The van der Waals surface area contributed by atoms with Crippen LogP contribution < -0.4 is 17.0 Å². The summed E-state index contributed by atoms with van der Waals surface area (Å²) >= 11 is 0. The van der Waals surface area contributed by atoms with Gasteiger partial charge in [-0.2, -0.15) is 0 Å². The summed E-state index contributed by atoms with van der Waals surface area (Å²) in [4.78, 5) is 48.8. The molecule has 6 N–H and O–H groups in total. The van der Waals surface area contributed by atoms with Crippen molar-refractivity contribution in [3.8, 4) is 0 Å². The lowest BCUT2D eigenvalue weighted by atomic mass is 9.92. The van der Waals surface area contributed by atoms with E-state index in [4.69, 9.17) is 37.2 Å². The number of hydrogen-bond donors (Lipinski definition) is 5. The van der Waals surface area contributed by atoms with Gasteiger partial charge in [0, 0.05) is 43.6 Å². The number of nitrogens with two attached hydrogens (primary N) is 1. The molecule has 0 amide bonds. The average Bonchev–Trinajstić information content (AvgIpc) is 3.74. The second-order valence-corrected chi connectivity index (χ2v) is 20.9. The maximum atomic E-state index is 13.5. The molecule has 2 fully saturated rings. The predicted molar refractivity (Wildman–Crippen MR) is 184 cm³/mol. The first-order valence-corrected chi connectivity index (χ1v) is 23.2. The summed E-state index contributed by atoms with van der Waals surface area (Å²) in [7, 11) is -19.0. The number of nitrogen functional groups attached to an aromatic ring is 1. The number of hydrogen-bond acceptors (Lipinski definition) is 19. The van der Waals surface area contributed by atoms with Crippen molar-refractivity contribution in [2.45, 2.75) is 58.0 Å². The SMILES string of the molecule is CCP(=O)(OP(C)(=O)OCC1OC(n2cc(C)c(=O)[nH]c2=O)CC1O)OP(C)(=O)OP(=O)(O)OCC1OC(n2cnc3c(N)ncnc32)C(CO)C1C. The van der Waals surface area contributed by atoms with Crippen LogP contribution in [0.4, 0.5) is 5.82 Å². The first-order valence-electron chi connectivity index (χ1n) is 16.0. The van der Waals surface area contributed by atoms with Gasteiger partial charge in [-0.05, 0) is 12.8 Å². The number of aryl methyl sites for hydroxylation is 1. The maximum absolute atomic E-state index is 13.5. The van der Waals surface area contributed by atoms with Crippen LogP contribution in [0.2, 0.25) is 0 Å². The van der Waals surface area contributed by atoms with Crippen molar-refractivity contribution >= 4 is 47.6 Å². The number of imidazole rings is 1. The molecule has 23 nitrogen and oxygen atoms in total. The molecule has 0 radical (unpaired) electrons. The highest BCUT2D eigenvalue weighted by molar-refractivity contribution is 7.74. The maximum Gasteiger partial charge on any atom is 0.479 e. The first kappa shape index (κ1) is 41.7. The Morgan fingerprint density at radius 3 is 2.36 bits per heavy atom. The molecule has 3 aromatic heterocycles. The van der Waals surface area contributed by atoms with Gasteiger partial charge < -0.3 is 34.8 Å². The Balaban J connectivity index is 1.16. The van der Waals surface area contributed by atoms with Crippen LogP contribution in [0.5, 0.6) is 0 Å². The number of phosphoric acid groups is 1. The molecular formula is C26H41N7O16P4. The molecule has 11 unspecified atom stereocenters. The third kappa shape index (κ3) is 9.69. The topological polar surface area (TPSA) is 318 Å². The molecule has 5 heterocycles. The molecule has 53 heavy (non-hydrogen) atoms. The lowest BCUT2D eigenvalue weighted by Crippen LogP contribution is -2.33. The summed E-state index contributed by atoms with van der Waals surface area (Å²) in [5.41, 5.74) is 5.35. The van der Waals surface area contributed by atoms with Gasteiger partial charge in [0.05, 0.1) is 38.4 Å². The van der Waals surface area contributed by atoms with Gasteiger partial charge in [0.1, 0.15) is 30.4 Å². The number of nitrogens with one attached hydrogen (secondary N) is 1. The molecule has 2 saturated heterocycles. The minimum absolute atomic E-state index is 0.0916. The number of fused-ring (bicyclic) bond motifs is 1. The molecule has 27 heteroatoms. The number of aliphatic hydroxyl groups is 2. The van der Waals surface area contributed by atoms with E-state index in [2.05, 4.69) is 19.9 Å². The second kappa shape index (κ2) is 16.0. The zero-order chi connectivity index (χ0) is 39.1. The third-order valence-corrected chi connectivity index (χ3v) is 16.8. The van der Waals surface area contributed by atoms with Crippen molar-refractivity contribution in [2.24, 2.45) is 11.8 Å². The van der Waals surface area contributed by atoms with E-state index in [9.17, 15) is 43.0 Å². The van der Waals surface area contributed by atoms with Gasteiger partial charge in [0.2, 0.25) is 0 Å². The van der Waals surface area contributed by atoms with Gasteiger partial charge in [-0.3, -0.25) is 37.1 Å². The summed E-state index contributed by atoms with van der Waals surface area (Å²) in [5, 5.41) is 20.6. The minimum Gasteiger partial charge on any atom is -0.396 e. The summed E-state index contributed by atoms with van der Waals surface area (Å²) in [5.74, 6) is -0.883. The molecule has 2 aliphatic heterocycles. The number of nitrogens with zero attached hydrogens (tertiary/aromatic N) is 5. The number of aromatic nitrogens is 6. The van der Waals surface area contributed by atoms with Crippen LogP contribution in [-0.2, 0) is 49.7 Å². The average molecular weight is 832 g/mol. The Morgan fingerprint density at radius 2 is 1.68 bits per heavy atom. The van der Waals surface area contributed by atoms with Gasteiger partial charge in [-0.25, -0.2) is 37.2 Å². The Bertz CT molecular complexity index is 2130. The van der Waals surface area contributed by atoms with E-state index in [-0.39, 0.29) is 24.4 Å². The molecule has 0 bridgehead atoms. The van der Waals surface area contributed by atoms with Crippen LogP contribution in [0.15, 0.2) is 28.4 Å². The number of aromatic amines is 1. The van der Waals surface area contributed by atoms with Gasteiger partial charge in [0.25, 0.3) is 5.56 Å². The van der Waals surface area contributed by atoms with E-state index in [0.717, 1.165) is 17.9 Å².